The molecule has 0 aliphatic carbocycles. The number of piperidine rings is 1. The predicted molar refractivity (Wildman–Crippen MR) is 106 cm³/mol. The summed E-state index contributed by atoms with van der Waals surface area (Å²) >= 11 is 6.03. The average Bonchev–Trinajstić information content (AvgIpc) is 3.08. The zero-order valence-electron chi connectivity index (χ0n) is 15.6. The van der Waals surface area contributed by atoms with Crippen molar-refractivity contribution in [1.82, 2.24) is 25.5 Å². The van der Waals surface area contributed by atoms with E-state index in [4.69, 9.17) is 11.6 Å². The number of likely N-dealkylation sites (tertiary alicyclic amines) is 1. The molecule has 2 heterocycles. The fraction of sp³-hybridized carbons (Fsp3) is 0.421. The van der Waals surface area contributed by atoms with Crippen LogP contribution in [0.25, 0.3) is 0 Å². The molecule has 4 N–H and O–H groups in total. The number of hydrogen-bond acceptors (Lipinski definition) is 4. The first-order chi connectivity index (χ1) is 13.5. The number of carbonyl (C=O) groups excluding carboxylic acids is 1. The van der Waals surface area contributed by atoms with E-state index in [1.807, 2.05) is 37.3 Å². The number of halogens is 1. The van der Waals surface area contributed by atoms with Crippen molar-refractivity contribution in [1.29, 1.82) is 0 Å². The Morgan fingerprint density at radius 3 is 2.71 bits per heavy atom. The van der Waals surface area contributed by atoms with Gasteiger partial charge in [0.05, 0.1) is 5.69 Å². The molecule has 1 aromatic heterocycles. The summed E-state index contributed by atoms with van der Waals surface area (Å²) in [5, 5.41) is 16.0. The first-order valence-corrected chi connectivity index (χ1v) is 9.66. The molecule has 2 unspecified atom stereocenters. The topological polar surface area (TPSA) is 110 Å². The van der Waals surface area contributed by atoms with E-state index in [0.717, 1.165) is 5.56 Å². The molecule has 0 bridgehead atoms. The van der Waals surface area contributed by atoms with Crippen molar-refractivity contribution in [3.63, 3.8) is 0 Å². The smallest absolute Gasteiger partial charge is 0.407 e. The standard InChI is InChI=1S/C19H24ClN5O3/c1-2-13-16(20)24-17(22-13)18(26)23-14-8-9-25(19(27)28)11-15(14)21-10-12-6-4-3-5-7-12/h3-7,14-15,21H,2,8-11H2,1H3,(H,22,24)(H,23,26)(H,27,28). The number of carboxylic acid groups (broad SMARTS) is 1. The lowest BCUT2D eigenvalue weighted by molar-refractivity contribution is 0.0861. The SMILES string of the molecule is CCc1[nH]c(C(=O)NC2CCN(C(=O)O)CC2NCc2ccccc2)nc1Cl. The molecule has 1 fully saturated rings. The maximum absolute atomic E-state index is 12.6. The molecule has 1 aliphatic heterocycles. The molecule has 1 aromatic carbocycles. The average molecular weight is 406 g/mol. The summed E-state index contributed by atoms with van der Waals surface area (Å²) in [6, 6.07) is 9.40. The van der Waals surface area contributed by atoms with E-state index >= 15 is 0 Å². The molecule has 0 radical (unpaired) electrons. The fourth-order valence-electron chi connectivity index (χ4n) is 3.32. The van der Waals surface area contributed by atoms with Crippen LogP contribution in [0.5, 0.6) is 0 Å². The zero-order chi connectivity index (χ0) is 20.1. The second-order valence-electron chi connectivity index (χ2n) is 6.78. The third-order valence-electron chi connectivity index (χ3n) is 4.91. The number of aromatic nitrogens is 2. The van der Waals surface area contributed by atoms with Crippen LogP contribution in [0.2, 0.25) is 5.15 Å². The molecule has 2 amide bonds. The highest BCUT2D eigenvalue weighted by Crippen LogP contribution is 2.16. The largest absolute Gasteiger partial charge is 0.465 e. The number of carbonyl (C=O) groups is 2. The number of aryl methyl sites for hydroxylation is 1. The molecule has 8 nitrogen and oxygen atoms in total. The van der Waals surface area contributed by atoms with Gasteiger partial charge in [-0.25, -0.2) is 9.78 Å². The quantitative estimate of drug-likeness (QED) is 0.589. The van der Waals surface area contributed by atoms with Crippen LogP contribution in [-0.4, -0.2) is 57.1 Å². The van der Waals surface area contributed by atoms with Crippen LogP contribution in [0, 0.1) is 0 Å². The molecular formula is C19H24ClN5O3. The van der Waals surface area contributed by atoms with Crippen molar-refractivity contribution >= 4 is 23.6 Å². The Kier molecular flexibility index (Phi) is 6.53. The van der Waals surface area contributed by atoms with Gasteiger partial charge in [0.15, 0.2) is 11.0 Å². The Bertz CT molecular complexity index is 826. The molecular weight excluding hydrogens is 382 g/mol. The minimum absolute atomic E-state index is 0.171. The number of nitrogens with zero attached hydrogens (tertiary/aromatic N) is 2. The lowest BCUT2D eigenvalue weighted by Crippen LogP contribution is -2.60. The van der Waals surface area contributed by atoms with Crippen molar-refractivity contribution < 1.29 is 14.7 Å². The molecule has 0 spiro atoms. The molecule has 9 heteroatoms. The molecule has 28 heavy (non-hydrogen) atoms. The van der Waals surface area contributed by atoms with Crippen LogP contribution in [0.15, 0.2) is 30.3 Å². The molecule has 150 valence electrons. The van der Waals surface area contributed by atoms with Gasteiger partial charge in [0.25, 0.3) is 5.91 Å². The third-order valence-corrected chi connectivity index (χ3v) is 5.22. The van der Waals surface area contributed by atoms with Gasteiger partial charge in [-0.05, 0) is 18.4 Å². The highest BCUT2D eigenvalue weighted by Gasteiger charge is 2.33. The van der Waals surface area contributed by atoms with E-state index in [0.29, 0.717) is 43.3 Å². The first kappa shape index (κ1) is 20.2. The lowest BCUT2D eigenvalue weighted by Gasteiger charge is -2.38. The van der Waals surface area contributed by atoms with E-state index in [1.54, 1.807) is 0 Å². The van der Waals surface area contributed by atoms with Gasteiger partial charge in [-0.3, -0.25) is 4.79 Å². The van der Waals surface area contributed by atoms with Crippen molar-refractivity contribution in [2.75, 3.05) is 13.1 Å². The van der Waals surface area contributed by atoms with Crippen LogP contribution < -0.4 is 10.6 Å². The number of rotatable bonds is 6. The van der Waals surface area contributed by atoms with Gasteiger partial charge in [-0.2, -0.15) is 0 Å². The van der Waals surface area contributed by atoms with Gasteiger partial charge in [-0.15, -0.1) is 0 Å². The summed E-state index contributed by atoms with van der Waals surface area (Å²) < 4.78 is 0. The second kappa shape index (κ2) is 9.07. The van der Waals surface area contributed by atoms with Crippen LogP contribution in [-0.2, 0) is 13.0 Å². The maximum atomic E-state index is 12.6. The molecule has 1 aliphatic rings. The number of hydrogen-bond donors (Lipinski definition) is 4. The summed E-state index contributed by atoms with van der Waals surface area (Å²) in [5.74, 6) is -0.175. The van der Waals surface area contributed by atoms with Crippen LogP contribution in [0.3, 0.4) is 0 Å². The van der Waals surface area contributed by atoms with E-state index in [-0.39, 0.29) is 23.8 Å². The minimum atomic E-state index is -0.957. The summed E-state index contributed by atoms with van der Waals surface area (Å²) in [6.45, 7) is 3.17. The van der Waals surface area contributed by atoms with Crippen LogP contribution in [0.1, 0.15) is 35.2 Å². The Morgan fingerprint density at radius 1 is 1.32 bits per heavy atom. The summed E-state index contributed by atoms with van der Waals surface area (Å²) in [7, 11) is 0. The number of nitrogens with one attached hydrogen (secondary N) is 3. The summed E-state index contributed by atoms with van der Waals surface area (Å²) in [6.07, 6.45) is 0.207. The van der Waals surface area contributed by atoms with Gasteiger partial charge >= 0.3 is 6.09 Å². The van der Waals surface area contributed by atoms with E-state index in [2.05, 4.69) is 20.6 Å². The summed E-state index contributed by atoms with van der Waals surface area (Å²) in [4.78, 5) is 32.4. The maximum Gasteiger partial charge on any atom is 0.407 e. The monoisotopic (exact) mass is 405 g/mol. The summed E-state index contributed by atoms with van der Waals surface area (Å²) in [5.41, 5.74) is 1.80. The number of benzene rings is 1. The second-order valence-corrected chi connectivity index (χ2v) is 7.14. The normalized spacial score (nSPS) is 19.4. The van der Waals surface area contributed by atoms with Crippen molar-refractivity contribution in [3.8, 4) is 0 Å². The number of amides is 2. The van der Waals surface area contributed by atoms with E-state index in [9.17, 15) is 14.7 Å². The Hall–Kier alpha value is -2.58. The molecule has 2 atom stereocenters. The minimum Gasteiger partial charge on any atom is -0.465 e. The van der Waals surface area contributed by atoms with Crippen LogP contribution >= 0.6 is 11.6 Å². The lowest BCUT2D eigenvalue weighted by atomic mass is 9.98. The zero-order valence-corrected chi connectivity index (χ0v) is 16.4. The molecule has 0 saturated carbocycles. The van der Waals surface area contributed by atoms with Crippen molar-refractivity contribution in [2.24, 2.45) is 0 Å². The fourth-order valence-corrected chi connectivity index (χ4v) is 3.58. The molecule has 2 aromatic rings. The van der Waals surface area contributed by atoms with E-state index in [1.165, 1.54) is 4.90 Å². The van der Waals surface area contributed by atoms with Gasteiger partial charge < -0.3 is 25.6 Å². The Morgan fingerprint density at radius 2 is 2.07 bits per heavy atom. The van der Waals surface area contributed by atoms with Crippen LogP contribution in [0.4, 0.5) is 4.79 Å². The third kappa shape index (κ3) is 4.82. The van der Waals surface area contributed by atoms with Crippen molar-refractivity contribution in [2.45, 2.75) is 38.4 Å². The van der Waals surface area contributed by atoms with Gasteiger partial charge in [0.1, 0.15) is 0 Å². The first-order valence-electron chi connectivity index (χ1n) is 9.28. The van der Waals surface area contributed by atoms with E-state index < -0.39 is 6.09 Å². The van der Waals surface area contributed by atoms with Gasteiger partial charge in [-0.1, -0.05) is 48.9 Å². The molecule has 3 rings (SSSR count). The predicted octanol–water partition coefficient (Wildman–Crippen LogP) is 2.27. The Balaban J connectivity index is 1.68. The number of imidazole rings is 1. The van der Waals surface area contributed by atoms with Gasteiger partial charge in [0, 0.05) is 31.7 Å². The van der Waals surface area contributed by atoms with Gasteiger partial charge in [0.2, 0.25) is 0 Å². The highest BCUT2D eigenvalue weighted by molar-refractivity contribution is 6.30. The highest BCUT2D eigenvalue weighted by atomic mass is 35.5. The van der Waals surface area contributed by atoms with Crippen molar-refractivity contribution in [3.05, 3.63) is 52.6 Å². The molecule has 1 saturated heterocycles. The number of aromatic amines is 1. The number of H-pyrrole nitrogens is 1. The Labute approximate surface area is 168 Å².